The zero-order valence-electron chi connectivity index (χ0n) is 20.0. The van der Waals surface area contributed by atoms with Gasteiger partial charge in [-0.05, 0) is 25.8 Å². The molecule has 178 valence electrons. The third-order valence-electron chi connectivity index (χ3n) is 6.00. The van der Waals surface area contributed by atoms with Gasteiger partial charge in [0.1, 0.15) is 0 Å². The maximum absolute atomic E-state index is 13.6. The average molecular weight is 479 g/mol. The quantitative estimate of drug-likeness (QED) is 0.470. The fourth-order valence-electron chi connectivity index (χ4n) is 4.25. The molecule has 0 aliphatic carbocycles. The second-order valence-corrected chi connectivity index (χ2v) is 9.54. The SMILES string of the molecule is CC(=S)C(C(=O)N[C@@H](C)C(=O)C1(N)N=C(c2ccccc2)c2ccccc2N(C)C1=O)C(C)C. The number of fused-ring (bicyclic) bond motifs is 1. The molecule has 3 atom stereocenters. The van der Waals surface area contributed by atoms with E-state index in [0.29, 0.717) is 27.4 Å². The van der Waals surface area contributed by atoms with Gasteiger partial charge in [-0.2, -0.15) is 0 Å². The summed E-state index contributed by atoms with van der Waals surface area (Å²) in [6.07, 6.45) is 0. The van der Waals surface area contributed by atoms with Crippen LogP contribution in [0.3, 0.4) is 0 Å². The maximum Gasteiger partial charge on any atom is 0.277 e. The van der Waals surface area contributed by atoms with Gasteiger partial charge in [-0.25, -0.2) is 4.99 Å². The van der Waals surface area contributed by atoms with Gasteiger partial charge in [-0.1, -0.05) is 74.6 Å². The van der Waals surface area contributed by atoms with Crippen LogP contribution in [-0.4, -0.2) is 46.9 Å². The van der Waals surface area contributed by atoms with Crippen LogP contribution >= 0.6 is 12.2 Å². The Labute approximate surface area is 205 Å². The highest BCUT2D eigenvalue weighted by atomic mass is 32.1. The molecule has 7 nitrogen and oxygen atoms in total. The van der Waals surface area contributed by atoms with Gasteiger partial charge in [0.05, 0.1) is 23.4 Å². The van der Waals surface area contributed by atoms with Crippen LogP contribution in [0.15, 0.2) is 59.6 Å². The number of ketones is 1. The second kappa shape index (κ2) is 9.95. The summed E-state index contributed by atoms with van der Waals surface area (Å²) in [5.41, 5.74) is 6.69. The summed E-state index contributed by atoms with van der Waals surface area (Å²) in [6.45, 7) is 6.98. The van der Waals surface area contributed by atoms with Crippen molar-refractivity contribution in [3.05, 3.63) is 65.7 Å². The minimum atomic E-state index is -2.23. The highest BCUT2D eigenvalue weighted by Gasteiger charge is 2.49. The smallest absolute Gasteiger partial charge is 0.277 e. The fourth-order valence-corrected chi connectivity index (χ4v) is 4.63. The van der Waals surface area contributed by atoms with Gasteiger partial charge in [-0.15, -0.1) is 0 Å². The molecule has 0 bridgehead atoms. The summed E-state index contributed by atoms with van der Waals surface area (Å²) in [7, 11) is 1.56. The molecular weight excluding hydrogens is 448 g/mol. The van der Waals surface area contributed by atoms with E-state index in [9.17, 15) is 14.4 Å². The normalized spacial score (nSPS) is 19.6. The number of nitrogens with one attached hydrogen (secondary N) is 1. The molecule has 1 aliphatic rings. The Hall–Kier alpha value is -3.23. The zero-order chi connectivity index (χ0) is 25.2. The molecule has 34 heavy (non-hydrogen) atoms. The van der Waals surface area contributed by atoms with Crippen LogP contribution in [0.5, 0.6) is 0 Å². The molecule has 0 radical (unpaired) electrons. The number of benzene rings is 2. The standard InChI is InChI=1S/C26H30N4O3S/c1-15(2)21(17(4)34)24(32)28-16(3)23(31)26(27)25(33)30(5)20-14-10-9-13-19(20)22(29-26)18-11-7-6-8-12-18/h6-16,21H,27H2,1-5H3,(H,28,32)/t16-,21?,26?/m0/s1. The molecule has 8 heteroatoms. The fraction of sp³-hybridized carbons (Fsp3) is 0.346. The van der Waals surface area contributed by atoms with Crippen LogP contribution < -0.4 is 16.0 Å². The van der Waals surface area contributed by atoms with Gasteiger partial charge in [-0.3, -0.25) is 20.1 Å². The first-order chi connectivity index (χ1) is 16.0. The molecule has 2 aromatic rings. The summed E-state index contributed by atoms with van der Waals surface area (Å²) in [6, 6.07) is 15.4. The van der Waals surface area contributed by atoms with Gasteiger partial charge < -0.3 is 10.2 Å². The first-order valence-corrected chi connectivity index (χ1v) is 11.6. The summed E-state index contributed by atoms with van der Waals surface area (Å²) in [5, 5.41) is 2.70. The average Bonchev–Trinajstić information content (AvgIpc) is 2.88. The largest absolute Gasteiger partial charge is 0.346 e. The number of rotatable bonds is 7. The highest BCUT2D eigenvalue weighted by molar-refractivity contribution is 7.80. The van der Waals surface area contributed by atoms with Crippen LogP contribution in [-0.2, 0) is 14.4 Å². The number of nitrogens with two attached hydrogens (primary N) is 1. The molecule has 0 spiro atoms. The number of benzodiazepines with no additional fused rings is 1. The number of hydrogen-bond donors (Lipinski definition) is 2. The zero-order valence-corrected chi connectivity index (χ0v) is 20.8. The second-order valence-electron chi connectivity index (χ2n) is 8.90. The van der Waals surface area contributed by atoms with Crippen LogP contribution in [0, 0.1) is 11.8 Å². The highest BCUT2D eigenvalue weighted by Crippen LogP contribution is 2.30. The molecule has 3 rings (SSSR count). The third kappa shape index (κ3) is 4.69. The van der Waals surface area contributed by atoms with Crippen LogP contribution in [0.4, 0.5) is 5.69 Å². The van der Waals surface area contributed by atoms with Gasteiger partial charge in [0.15, 0.2) is 0 Å². The number of Topliss-reactive ketones (excluding diaryl/α,β-unsaturated/α-hetero) is 1. The number of para-hydroxylation sites is 1. The van der Waals surface area contributed by atoms with E-state index in [-0.39, 0.29) is 11.8 Å². The Morgan fingerprint density at radius 2 is 1.65 bits per heavy atom. The van der Waals surface area contributed by atoms with Crippen molar-refractivity contribution in [1.29, 1.82) is 0 Å². The lowest BCUT2D eigenvalue weighted by Crippen LogP contribution is -2.63. The summed E-state index contributed by atoms with van der Waals surface area (Å²) in [5.74, 6) is -2.35. The molecule has 2 amide bonds. The lowest BCUT2D eigenvalue weighted by molar-refractivity contribution is -0.137. The van der Waals surface area contributed by atoms with Crippen molar-refractivity contribution in [3.63, 3.8) is 0 Å². The van der Waals surface area contributed by atoms with Crippen molar-refractivity contribution in [2.24, 2.45) is 22.6 Å². The molecule has 3 N–H and O–H groups in total. The monoisotopic (exact) mass is 478 g/mol. The van der Waals surface area contributed by atoms with Crippen LogP contribution in [0.25, 0.3) is 0 Å². The van der Waals surface area contributed by atoms with E-state index in [0.717, 1.165) is 0 Å². The van der Waals surface area contributed by atoms with Crippen LogP contribution in [0.1, 0.15) is 38.8 Å². The number of amides is 2. The Morgan fingerprint density at radius 3 is 2.24 bits per heavy atom. The predicted octanol–water partition coefficient (Wildman–Crippen LogP) is 2.89. The lowest BCUT2D eigenvalue weighted by atomic mass is 9.91. The molecule has 1 aliphatic heterocycles. The molecule has 0 aromatic heterocycles. The van der Waals surface area contributed by atoms with Crippen molar-refractivity contribution in [1.82, 2.24) is 5.32 Å². The van der Waals surface area contributed by atoms with E-state index >= 15 is 0 Å². The Kier molecular flexibility index (Phi) is 7.43. The van der Waals surface area contributed by atoms with Crippen LogP contribution in [0.2, 0.25) is 0 Å². The summed E-state index contributed by atoms with van der Waals surface area (Å²) < 4.78 is 0. The third-order valence-corrected chi connectivity index (χ3v) is 6.26. The molecule has 0 saturated carbocycles. The maximum atomic E-state index is 13.6. The number of thiocarbonyl (C=S) groups is 1. The van der Waals surface area contributed by atoms with Crippen molar-refractivity contribution >= 4 is 46.1 Å². The van der Waals surface area contributed by atoms with Crippen molar-refractivity contribution in [2.45, 2.75) is 39.4 Å². The topological polar surface area (TPSA) is 105 Å². The number of hydrogen-bond acceptors (Lipinski definition) is 6. The number of nitrogens with zero attached hydrogens (tertiary/aromatic N) is 2. The molecule has 0 fully saturated rings. The predicted molar refractivity (Wildman–Crippen MR) is 138 cm³/mol. The van der Waals surface area contributed by atoms with Crippen molar-refractivity contribution in [3.8, 4) is 0 Å². The van der Waals surface area contributed by atoms with E-state index in [1.54, 1.807) is 26.1 Å². The van der Waals surface area contributed by atoms with Gasteiger partial charge in [0, 0.05) is 23.0 Å². The van der Waals surface area contributed by atoms with Gasteiger partial charge in [0.25, 0.3) is 5.91 Å². The van der Waals surface area contributed by atoms with E-state index < -0.39 is 29.3 Å². The first kappa shape index (κ1) is 25.4. The minimum absolute atomic E-state index is 0.0468. The Morgan fingerprint density at radius 1 is 1.06 bits per heavy atom. The molecular formula is C26H30N4O3S. The number of carbonyl (C=O) groups excluding carboxylic acids is 3. The minimum Gasteiger partial charge on any atom is -0.346 e. The molecule has 2 aromatic carbocycles. The van der Waals surface area contributed by atoms with E-state index in [1.807, 2.05) is 56.3 Å². The Balaban J connectivity index is 2.07. The van der Waals surface area contributed by atoms with E-state index in [2.05, 4.69) is 10.3 Å². The summed E-state index contributed by atoms with van der Waals surface area (Å²) >= 11 is 5.24. The Bertz CT molecular complexity index is 1160. The lowest BCUT2D eigenvalue weighted by Gasteiger charge is -2.29. The first-order valence-electron chi connectivity index (χ1n) is 11.2. The van der Waals surface area contributed by atoms with Crippen molar-refractivity contribution < 1.29 is 14.4 Å². The molecule has 1 heterocycles. The number of carbonyl (C=O) groups is 3. The summed E-state index contributed by atoms with van der Waals surface area (Å²) in [4.78, 5) is 46.5. The number of likely N-dealkylation sites (N-methyl/N-ethyl adjacent to an activating group) is 1. The van der Waals surface area contributed by atoms with E-state index in [4.69, 9.17) is 18.0 Å². The number of aliphatic imine (C=N–C) groups is 1. The number of anilines is 1. The molecule has 2 unspecified atom stereocenters. The van der Waals surface area contributed by atoms with Gasteiger partial charge in [0.2, 0.25) is 17.4 Å². The van der Waals surface area contributed by atoms with Gasteiger partial charge >= 0.3 is 0 Å². The van der Waals surface area contributed by atoms with E-state index in [1.165, 1.54) is 11.8 Å². The molecule has 0 saturated heterocycles. The van der Waals surface area contributed by atoms with Crippen molar-refractivity contribution in [2.75, 3.05) is 11.9 Å².